The van der Waals surface area contributed by atoms with Crippen molar-refractivity contribution in [2.24, 2.45) is 0 Å². The van der Waals surface area contributed by atoms with Crippen LogP contribution in [0.25, 0.3) is 58.5 Å². The minimum atomic E-state index is -0.823. The maximum atomic E-state index is 12.8. The Bertz CT molecular complexity index is 2860. The first-order valence-electron chi connectivity index (χ1n) is 20.0. The molecule has 0 amide bonds. The first-order chi connectivity index (χ1) is 29.4. The van der Waals surface area contributed by atoms with Crippen LogP contribution in [0.2, 0.25) is 0 Å². The van der Waals surface area contributed by atoms with Crippen molar-refractivity contribution in [3.8, 4) is 64.6 Å². The predicted molar refractivity (Wildman–Crippen MR) is 276 cm³/mol. The fourth-order valence-corrected chi connectivity index (χ4v) is 17.0. The van der Waals surface area contributed by atoms with Gasteiger partial charge in [0, 0.05) is 69.8 Å². The third kappa shape index (κ3) is 9.86. The molecule has 0 aliphatic heterocycles. The van der Waals surface area contributed by atoms with E-state index in [1.807, 2.05) is 105 Å². The second-order valence-corrected chi connectivity index (χ2v) is 24.9. The van der Waals surface area contributed by atoms with Gasteiger partial charge in [-0.1, -0.05) is 75.1 Å². The van der Waals surface area contributed by atoms with E-state index >= 15 is 0 Å². The molecule has 7 aromatic heterocycles. The average molecular weight is 966 g/mol. The molecule has 0 aliphatic carbocycles. The van der Waals surface area contributed by atoms with Crippen LogP contribution in [0.15, 0.2) is 96.4 Å². The Labute approximate surface area is 396 Å². The minimum Gasteiger partial charge on any atom is -0.460 e. The van der Waals surface area contributed by atoms with Crippen LogP contribution in [0.3, 0.4) is 0 Å². The van der Waals surface area contributed by atoms with Crippen molar-refractivity contribution in [1.29, 1.82) is 5.26 Å². The lowest BCUT2D eigenvalue weighted by Gasteiger charge is -2.20. The van der Waals surface area contributed by atoms with Crippen molar-refractivity contribution in [2.45, 2.75) is 78.1 Å². The number of hydrogen-bond donors (Lipinski definition) is 0. The molecule has 7 heterocycles. The van der Waals surface area contributed by atoms with E-state index < -0.39 is 4.75 Å². The molecular weight excluding hydrogens is 923 g/mol. The summed E-state index contributed by atoms with van der Waals surface area (Å²) in [7, 11) is 0. The first kappa shape index (κ1) is 44.1. The Balaban J connectivity index is 0.912. The maximum absolute atomic E-state index is 12.8. The number of carbonyl (C=O) groups excluding carboxylic acids is 1. The smallest absolute Gasteiger partial charge is 0.306 e. The number of carbonyl (C=O) groups is 1. The third-order valence-corrected chi connectivity index (χ3v) is 20.9. The third-order valence-electron chi connectivity index (χ3n) is 10.3. The summed E-state index contributed by atoms with van der Waals surface area (Å²) in [5.41, 5.74) is 6.26. The van der Waals surface area contributed by atoms with Gasteiger partial charge in [0.05, 0.1) is 10.3 Å². The normalized spacial score (nSPS) is 12.5. The monoisotopic (exact) mass is 965 g/mol. The number of esters is 1. The number of thioether (sulfide) groups is 1. The molecular formula is C49H43NO2S9. The van der Waals surface area contributed by atoms with Gasteiger partial charge in [0.25, 0.3) is 0 Å². The van der Waals surface area contributed by atoms with Gasteiger partial charge < -0.3 is 4.74 Å². The Morgan fingerprint density at radius 2 is 1.31 bits per heavy atom. The summed E-state index contributed by atoms with van der Waals surface area (Å²) < 4.78 is 5.53. The second-order valence-electron chi connectivity index (χ2n) is 15.3. The number of nitriles is 1. The molecule has 0 saturated heterocycles. The van der Waals surface area contributed by atoms with Crippen molar-refractivity contribution >= 4 is 114 Å². The standard InChI is InChI=1S/C49H43NO2S9/c1-7-31-25-42(41-24-30(5)45(59-41)38-17-18-40(58-38)47-34(28(2)3)20-22-54-47)60-46(31)39-16-14-36(57-39)35-13-15-37(56-35)44-29(4)23-33(55-44)26-52-43(51)19-21-49(6,27-50)61-48(53)32-11-9-8-10-12-32/h8-18,20,22-25,28H,7,19,21,26H2,1-6H3. The van der Waals surface area contributed by atoms with Crippen LogP contribution >= 0.6 is 103 Å². The summed E-state index contributed by atoms with van der Waals surface area (Å²) in [6.45, 7) is 13.2. The van der Waals surface area contributed by atoms with E-state index in [-0.39, 0.29) is 19.0 Å². The summed E-state index contributed by atoms with van der Waals surface area (Å²) >= 11 is 19.9. The van der Waals surface area contributed by atoms with Gasteiger partial charge in [0.2, 0.25) is 0 Å². The molecule has 1 unspecified atom stereocenters. The van der Waals surface area contributed by atoms with Crippen LogP contribution in [0, 0.1) is 25.2 Å². The first-order valence-corrected chi connectivity index (χ1v) is 27.0. The van der Waals surface area contributed by atoms with Gasteiger partial charge in [0.15, 0.2) is 0 Å². The molecule has 0 saturated carbocycles. The molecule has 0 N–H and O–H groups in total. The molecule has 0 fully saturated rings. The molecule has 8 rings (SSSR count). The summed E-state index contributed by atoms with van der Waals surface area (Å²) in [5.74, 6) is 0.206. The topological polar surface area (TPSA) is 50.1 Å². The number of aryl methyl sites for hydroxylation is 3. The van der Waals surface area contributed by atoms with Crippen LogP contribution in [0.4, 0.5) is 0 Å². The summed E-state index contributed by atoms with van der Waals surface area (Å²) in [6, 6.07) is 34.8. The second kappa shape index (κ2) is 19.1. The number of nitrogens with zero attached hydrogens (tertiary/aromatic N) is 1. The average Bonchev–Trinajstić information content (AvgIpc) is 4.11. The van der Waals surface area contributed by atoms with Gasteiger partial charge in [-0.05, 0) is 133 Å². The molecule has 1 atom stereocenters. The number of benzene rings is 1. The zero-order chi connectivity index (χ0) is 42.8. The zero-order valence-corrected chi connectivity index (χ0v) is 41.9. The molecule has 61 heavy (non-hydrogen) atoms. The lowest BCUT2D eigenvalue weighted by molar-refractivity contribution is -0.145. The number of ether oxygens (including phenoxy) is 1. The zero-order valence-electron chi connectivity index (χ0n) is 34.6. The highest BCUT2D eigenvalue weighted by Gasteiger charge is 2.29. The summed E-state index contributed by atoms with van der Waals surface area (Å²) in [5, 5.41) is 12.2. The molecule has 12 heteroatoms. The molecule has 1 aromatic carbocycles. The van der Waals surface area contributed by atoms with Crippen molar-refractivity contribution in [3.05, 3.63) is 129 Å². The number of thiophene rings is 7. The number of thiocarbonyl (C=S) groups is 1. The Hall–Kier alpha value is -3.48. The molecule has 0 spiro atoms. The minimum absolute atomic E-state index is 0.149. The van der Waals surface area contributed by atoms with Crippen LogP contribution in [0.5, 0.6) is 0 Å². The van der Waals surface area contributed by atoms with Crippen molar-refractivity contribution in [2.75, 3.05) is 0 Å². The van der Waals surface area contributed by atoms with E-state index in [4.69, 9.17) is 17.0 Å². The Kier molecular flexibility index (Phi) is 13.8. The van der Waals surface area contributed by atoms with Crippen molar-refractivity contribution < 1.29 is 9.53 Å². The van der Waals surface area contributed by atoms with Gasteiger partial charge in [-0.3, -0.25) is 4.79 Å². The van der Waals surface area contributed by atoms with E-state index in [1.54, 1.807) is 11.3 Å². The maximum Gasteiger partial charge on any atom is 0.306 e. The van der Waals surface area contributed by atoms with E-state index in [9.17, 15) is 10.1 Å². The molecule has 8 aromatic rings. The summed E-state index contributed by atoms with van der Waals surface area (Å²) in [6.07, 6.45) is 1.49. The van der Waals surface area contributed by atoms with Crippen LogP contribution in [0.1, 0.15) is 79.1 Å². The molecule has 0 aliphatic rings. The number of rotatable bonds is 15. The van der Waals surface area contributed by atoms with Gasteiger partial charge >= 0.3 is 5.97 Å². The fraction of sp³-hybridized carbons (Fsp3) is 0.245. The number of hydrogen-bond acceptors (Lipinski definition) is 12. The van der Waals surface area contributed by atoms with Gasteiger partial charge in [-0.25, -0.2) is 0 Å². The van der Waals surface area contributed by atoms with Crippen molar-refractivity contribution in [1.82, 2.24) is 0 Å². The predicted octanol–water partition coefficient (Wildman–Crippen LogP) is 17.6. The highest BCUT2D eigenvalue weighted by Crippen LogP contribution is 2.50. The van der Waals surface area contributed by atoms with E-state index in [2.05, 4.69) is 107 Å². The van der Waals surface area contributed by atoms with Gasteiger partial charge in [-0.2, -0.15) is 5.26 Å². The summed E-state index contributed by atoms with van der Waals surface area (Å²) in [4.78, 5) is 29.6. The lowest BCUT2D eigenvalue weighted by Crippen LogP contribution is -2.22. The molecule has 0 bridgehead atoms. The van der Waals surface area contributed by atoms with Crippen LogP contribution < -0.4 is 0 Å². The molecule has 0 radical (unpaired) electrons. The largest absolute Gasteiger partial charge is 0.460 e. The van der Waals surface area contributed by atoms with Crippen molar-refractivity contribution in [3.63, 3.8) is 0 Å². The Morgan fingerprint density at radius 3 is 1.97 bits per heavy atom. The highest BCUT2D eigenvalue weighted by atomic mass is 32.2. The quantitative estimate of drug-likeness (QED) is 0.0757. The SMILES string of the molecule is CCc1cc(-c2cc(C)c(-c3ccc(-c4sccc4C(C)C)s3)s2)sc1-c1ccc(-c2ccc(-c3sc(COC(=O)CCC(C)(C#N)SC(=S)c4ccccc4)cc3C)s2)s1. The van der Waals surface area contributed by atoms with E-state index in [1.165, 1.54) is 92.5 Å². The lowest BCUT2D eigenvalue weighted by atomic mass is 10.0. The fourth-order valence-electron chi connectivity index (χ4n) is 7.01. The van der Waals surface area contributed by atoms with Crippen LogP contribution in [-0.4, -0.2) is 14.9 Å². The van der Waals surface area contributed by atoms with Gasteiger partial charge in [0.1, 0.15) is 11.4 Å². The van der Waals surface area contributed by atoms with Crippen LogP contribution in [-0.2, 0) is 22.6 Å². The Morgan fingerprint density at radius 1 is 0.738 bits per heavy atom. The van der Waals surface area contributed by atoms with E-state index in [0.717, 1.165) is 16.9 Å². The van der Waals surface area contributed by atoms with Gasteiger partial charge in [-0.15, -0.1) is 79.4 Å². The molecule has 310 valence electrons. The van der Waals surface area contributed by atoms with E-state index in [0.29, 0.717) is 16.5 Å². The molecule has 3 nitrogen and oxygen atoms in total. The highest BCUT2D eigenvalue weighted by molar-refractivity contribution is 8.24.